The summed E-state index contributed by atoms with van der Waals surface area (Å²) in [5, 5.41) is 3.11. The number of primary amides is 1. The molecule has 2 amide bonds. The zero-order valence-electron chi connectivity index (χ0n) is 4.37. The molecule has 0 aliphatic rings. The van der Waals surface area contributed by atoms with E-state index in [4.69, 9.17) is 5.84 Å². The molecule has 0 bridgehead atoms. The van der Waals surface area contributed by atoms with E-state index < -0.39 is 6.03 Å². The van der Waals surface area contributed by atoms with Crippen molar-refractivity contribution in [3.63, 3.8) is 0 Å². The number of hydrazone groups is 1. The third-order valence-corrected chi connectivity index (χ3v) is 0.373. The highest BCUT2D eigenvalue weighted by molar-refractivity contribution is 5.70. The van der Waals surface area contributed by atoms with Crippen LogP contribution < -0.4 is 17.0 Å². The molecule has 0 aliphatic carbocycles. The Labute approximate surface area is 50.2 Å². The lowest BCUT2D eigenvalue weighted by Gasteiger charge is -2.06. The summed E-state index contributed by atoms with van der Waals surface area (Å²) in [6.45, 7) is 0. The van der Waals surface area contributed by atoms with Crippen LogP contribution in [0.3, 0.4) is 0 Å². The van der Waals surface area contributed by atoms with Crippen molar-refractivity contribution in [2.75, 3.05) is 0 Å². The Balaban J connectivity index is 3.62. The number of hydrazine groups is 2. The highest BCUT2D eigenvalue weighted by atomic mass is 16.2. The van der Waals surface area contributed by atoms with Crippen LogP contribution in [0.25, 0.3) is 0 Å². The van der Waals surface area contributed by atoms with Crippen molar-refractivity contribution in [2.24, 2.45) is 16.7 Å². The van der Waals surface area contributed by atoms with Gasteiger partial charge in [0.1, 0.15) is 0 Å². The van der Waals surface area contributed by atoms with Crippen LogP contribution in [0.5, 0.6) is 0 Å². The van der Waals surface area contributed by atoms with E-state index in [9.17, 15) is 9.59 Å². The van der Waals surface area contributed by atoms with Crippen molar-refractivity contribution in [3.05, 3.63) is 0 Å². The summed E-state index contributed by atoms with van der Waals surface area (Å²) in [5.74, 6) is 4.78. The molecule has 0 aromatic rings. The lowest BCUT2D eigenvalue weighted by molar-refractivity contribution is 0.190. The van der Waals surface area contributed by atoms with Crippen LogP contribution in [0, 0.1) is 0 Å². The first-order valence-corrected chi connectivity index (χ1v) is 1.85. The Bertz CT molecular complexity index is 149. The van der Waals surface area contributed by atoms with Crippen molar-refractivity contribution >= 4 is 12.1 Å². The van der Waals surface area contributed by atoms with E-state index in [0.717, 1.165) is 6.08 Å². The van der Waals surface area contributed by atoms with Gasteiger partial charge in [0, 0.05) is 0 Å². The van der Waals surface area contributed by atoms with Crippen LogP contribution in [-0.2, 0) is 4.79 Å². The Hall–Kier alpha value is -1.59. The predicted octanol–water partition coefficient (Wildman–Crippen LogP) is -2.00. The summed E-state index contributed by atoms with van der Waals surface area (Å²) in [6, 6.07) is -0.906. The maximum absolute atomic E-state index is 9.88. The smallest absolute Gasteiger partial charge is 0.333 e. The number of rotatable bonds is 2. The van der Waals surface area contributed by atoms with Gasteiger partial charge in [-0.25, -0.2) is 20.9 Å². The molecule has 0 aliphatic heterocycles. The number of urea groups is 1. The molecule has 0 fully saturated rings. The van der Waals surface area contributed by atoms with Gasteiger partial charge < -0.3 is 5.73 Å². The Morgan fingerprint density at radius 2 is 2.33 bits per heavy atom. The fourth-order valence-electron chi connectivity index (χ4n) is 0.182. The van der Waals surface area contributed by atoms with Crippen molar-refractivity contribution in [1.82, 2.24) is 10.7 Å². The fourth-order valence-corrected chi connectivity index (χ4v) is 0.182. The topological polar surface area (TPSA) is 114 Å². The van der Waals surface area contributed by atoms with Crippen molar-refractivity contribution < 1.29 is 9.59 Å². The van der Waals surface area contributed by atoms with E-state index in [2.05, 4.69) is 10.8 Å². The number of carbonyl (C=O) groups is 1. The van der Waals surface area contributed by atoms with Gasteiger partial charge in [0.2, 0.25) is 0 Å². The normalized spacial score (nSPS) is 7.22. The van der Waals surface area contributed by atoms with E-state index in [1.54, 1.807) is 5.43 Å². The second-order valence-electron chi connectivity index (χ2n) is 1.01. The minimum absolute atomic E-state index is 0.356. The summed E-state index contributed by atoms with van der Waals surface area (Å²) in [7, 11) is 0. The number of nitrogens with one attached hydrogen (secondary N) is 1. The third kappa shape index (κ3) is 4.26. The number of hydrogen-bond acceptors (Lipinski definition) is 5. The third-order valence-electron chi connectivity index (χ3n) is 0.373. The highest BCUT2D eigenvalue weighted by Gasteiger charge is 1.92. The van der Waals surface area contributed by atoms with Gasteiger partial charge in [0.05, 0.1) is 0 Å². The zero-order valence-corrected chi connectivity index (χ0v) is 4.37. The zero-order chi connectivity index (χ0) is 7.28. The molecule has 9 heavy (non-hydrogen) atoms. The molecule has 0 spiro atoms. The molecule has 5 N–H and O–H groups in total. The van der Waals surface area contributed by atoms with E-state index in [0.29, 0.717) is 5.23 Å². The van der Waals surface area contributed by atoms with Gasteiger partial charge in [-0.05, 0) is 0 Å². The SMILES string of the molecule is NC(=O)NN(N)N=C=O. The average molecular weight is 131 g/mol. The first-order valence-electron chi connectivity index (χ1n) is 1.85. The summed E-state index contributed by atoms with van der Waals surface area (Å²) in [4.78, 5) is 19.3. The molecule has 0 atom stereocenters. The van der Waals surface area contributed by atoms with Gasteiger partial charge in [-0.15, -0.1) is 5.23 Å². The van der Waals surface area contributed by atoms with Gasteiger partial charge in [-0.1, -0.05) is 5.10 Å². The molecular formula is C2H5N5O2. The van der Waals surface area contributed by atoms with Crippen LogP contribution in [0.15, 0.2) is 5.10 Å². The summed E-state index contributed by atoms with van der Waals surface area (Å²) >= 11 is 0. The molecule has 0 rings (SSSR count). The number of amides is 2. The molecule has 0 radical (unpaired) electrons. The molecule has 7 heteroatoms. The molecule has 0 saturated carbocycles. The lowest BCUT2D eigenvalue weighted by atomic mass is 11.1. The van der Waals surface area contributed by atoms with E-state index in [1.165, 1.54) is 0 Å². The number of carbonyl (C=O) groups excluding carboxylic acids is 2. The molecule has 7 nitrogen and oxygen atoms in total. The number of isocyanates is 1. The van der Waals surface area contributed by atoms with Gasteiger partial charge in [-0.3, -0.25) is 0 Å². The van der Waals surface area contributed by atoms with Crippen LogP contribution in [0.1, 0.15) is 0 Å². The molecule has 50 valence electrons. The van der Waals surface area contributed by atoms with E-state index in [1.807, 2.05) is 0 Å². The molecule has 0 aromatic carbocycles. The highest BCUT2D eigenvalue weighted by Crippen LogP contribution is 1.64. The van der Waals surface area contributed by atoms with Gasteiger partial charge in [0.25, 0.3) is 6.08 Å². The number of nitrogens with zero attached hydrogens (tertiary/aromatic N) is 2. The van der Waals surface area contributed by atoms with Crippen molar-refractivity contribution in [1.29, 1.82) is 0 Å². The van der Waals surface area contributed by atoms with E-state index >= 15 is 0 Å². The van der Waals surface area contributed by atoms with Crippen LogP contribution in [0.2, 0.25) is 0 Å². The standard InChI is InChI=1S/C2H5N5O2/c3-2(9)6-7(4)5-1-8/h4H2,(H3,3,6,9). The fraction of sp³-hybridized carbons (Fsp3) is 0. The monoisotopic (exact) mass is 131 g/mol. The Morgan fingerprint density at radius 3 is 2.67 bits per heavy atom. The van der Waals surface area contributed by atoms with Crippen molar-refractivity contribution in [3.8, 4) is 0 Å². The maximum Gasteiger partial charge on any atom is 0.333 e. The van der Waals surface area contributed by atoms with Gasteiger partial charge >= 0.3 is 6.03 Å². The average Bonchev–Trinajstić information content (AvgIpc) is 1.63. The van der Waals surface area contributed by atoms with Crippen LogP contribution in [0.4, 0.5) is 4.79 Å². The minimum atomic E-state index is -0.906. The summed E-state index contributed by atoms with van der Waals surface area (Å²) in [6.07, 6.45) is 1.08. The lowest BCUT2D eigenvalue weighted by Crippen LogP contribution is -2.45. The Morgan fingerprint density at radius 1 is 1.78 bits per heavy atom. The Kier molecular flexibility index (Phi) is 2.81. The molecule has 0 unspecified atom stereocenters. The molecular weight excluding hydrogens is 126 g/mol. The largest absolute Gasteiger partial charge is 0.350 e. The molecule has 0 saturated heterocycles. The maximum atomic E-state index is 9.88. The minimum Gasteiger partial charge on any atom is -0.350 e. The van der Waals surface area contributed by atoms with Gasteiger partial charge in [0.15, 0.2) is 0 Å². The second-order valence-corrected chi connectivity index (χ2v) is 1.01. The van der Waals surface area contributed by atoms with Crippen molar-refractivity contribution in [2.45, 2.75) is 0 Å². The van der Waals surface area contributed by atoms with Crippen LogP contribution in [-0.4, -0.2) is 17.3 Å². The first-order chi connectivity index (χ1) is 4.16. The second kappa shape index (κ2) is 3.42. The first kappa shape index (κ1) is 7.41. The van der Waals surface area contributed by atoms with E-state index in [-0.39, 0.29) is 0 Å². The predicted molar refractivity (Wildman–Crippen MR) is 26.9 cm³/mol. The molecule has 0 aromatic heterocycles. The quantitative estimate of drug-likeness (QED) is 0.174. The van der Waals surface area contributed by atoms with Crippen LogP contribution >= 0.6 is 0 Å². The summed E-state index contributed by atoms with van der Waals surface area (Å²) < 4.78 is 0. The summed E-state index contributed by atoms with van der Waals surface area (Å²) in [5.41, 5.74) is 6.33. The van der Waals surface area contributed by atoms with Gasteiger partial charge in [-0.2, -0.15) is 0 Å². The molecule has 0 heterocycles. The number of hydrogen-bond donors (Lipinski definition) is 3. The number of nitrogens with two attached hydrogens (primary N) is 2.